The molecule has 0 amide bonds. The topological polar surface area (TPSA) is 89.5 Å². The molecule has 2 atom stereocenters. The summed E-state index contributed by atoms with van der Waals surface area (Å²) in [5, 5.41) is 7.60. The summed E-state index contributed by atoms with van der Waals surface area (Å²) in [6.07, 6.45) is -1.25. The predicted octanol–water partition coefficient (Wildman–Crippen LogP) is 3.65. The highest BCUT2D eigenvalue weighted by molar-refractivity contribution is 5.89. The Hall–Kier alpha value is -1.90. The van der Waals surface area contributed by atoms with Crippen LogP contribution in [0.3, 0.4) is 0 Å². The minimum absolute atomic E-state index is 0.626. The van der Waals surface area contributed by atoms with E-state index >= 15 is 0 Å². The molecule has 174 valence electrons. The normalized spacial score (nSPS) is 28.1. The summed E-state index contributed by atoms with van der Waals surface area (Å²) >= 11 is 0. The summed E-state index contributed by atoms with van der Waals surface area (Å²) < 4.78 is 86.0. The number of rotatable bonds is 6. The number of hydrogen-bond donors (Lipinski definition) is 0. The van der Waals surface area contributed by atoms with Crippen LogP contribution in [0.15, 0.2) is 12.2 Å². The molecule has 0 bridgehead atoms. The molecular formula is C16H20F6O8. The van der Waals surface area contributed by atoms with Gasteiger partial charge < -0.3 is 0 Å². The summed E-state index contributed by atoms with van der Waals surface area (Å²) in [7, 11) is 0. The quantitative estimate of drug-likeness (QED) is 0.260. The van der Waals surface area contributed by atoms with Crippen molar-refractivity contribution >= 4 is 11.9 Å². The van der Waals surface area contributed by atoms with Crippen LogP contribution in [0.25, 0.3) is 0 Å². The van der Waals surface area contributed by atoms with E-state index in [9.17, 15) is 35.9 Å². The number of carbonyl (C=O) groups excluding carboxylic acids is 2. The molecule has 1 aliphatic rings. The zero-order valence-electron chi connectivity index (χ0n) is 16.7. The van der Waals surface area contributed by atoms with Crippen molar-refractivity contribution in [2.45, 2.75) is 75.9 Å². The first-order chi connectivity index (χ1) is 13.2. The molecule has 1 rings (SSSR count). The van der Waals surface area contributed by atoms with E-state index in [2.05, 4.69) is 29.6 Å². The lowest BCUT2D eigenvalue weighted by atomic mass is 9.77. The van der Waals surface area contributed by atoms with Crippen LogP contribution in [0.1, 0.15) is 41.5 Å². The highest BCUT2D eigenvalue weighted by Gasteiger charge is 2.85. The lowest BCUT2D eigenvalue weighted by Crippen LogP contribution is -2.71. The fourth-order valence-electron chi connectivity index (χ4n) is 1.71. The van der Waals surface area contributed by atoms with E-state index in [1.165, 1.54) is 41.5 Å². The molecule has 0 heterocycles. The second-order valence-corrected chi connectivity index (χ2v) is 8.17. The molecule has 0 N–H and O–H groups in total. The van der Waals surface area contributed by atoms with Crippen LogP contribution in [0, 0.1) is 0 Å². The van der Waals surface area contributed by atoms with Gasteiger partial charge in [-0.2, -0.15) is 27.3 Å². The van der Waals surface area contributed by atoms with Crippen molar-refractivity contribution in [3.05, 3.63) is 12.2 Å². The second kappa shape index (κ2) is 7.98. The summed E-state index contributed by atoms with van der Waals surface area (Å²) in [5.41, 5.74) is -12.2. The number of halogens is 6. The standard InChI is InChI=1S/C16H20F6O8/c1-11(2,3)27-29-25-9(23)13(17)7-8-14(18,16(21,22)15(13,19)20)10(24)26-30-28-12(4,5)6/h7-8H,1-6H3. The zero-order chi connectivity index (χ0) is 23.8. The van der Waals surface area contributed by atoms with Crippen molar-refractivity contribution < 1.29 is 65.6 Å². The first-order valence-corrected chi connectivity index (χ1v) is 8.19. The van der Waals surface area contributed by atoms with Crippen LogP contribution in [0.4, 0.5) is 26.3 Å². The van der Waals surface area contributed by atoms with Crippen molar-refractivity contribution in [1.29, 1.82) is 0 Å². The van der Waals surface area contributed by atoms with Gasteiger partial charge in [-0.15, -0.1) is 0 Å². The molecular weight excluding hydrogens is 434 g/mol. The smallest absolute Gasteiger partial charge is 0.264 e. The minimum Gasteiger partial charge on any atom is -0.264 e. The Morgan fingerprint density at radius 3 is 1.13 bits per heavy atom. The van der Waals surface area contributed by atoms with E-state index in [0.717, 1.165) is 0 Å². The number of carbonyl (C=O) groups is 2. The third-order valence-electron chi connectivity index (χ3n) is 3.23. The van der Waals surface area contributed by atoms with Gasteiger partial charge in [0.2, 0.25) is 0 Å². The molecule has 0 radical (unpaired) electrons. The van der Waals surface area contributed by atoms with Gasteiger partial charge in [-0.25, -0.2) is 18.4 Å². The zero-order valence-corrected chi connectivity index (χ0v) is 16.7. The summed E-state index contributed by atoms with van der Waals surface area (Å²) in [5.74, 6) is -17.7. The Labute approximate surface area is 166 Å². The van der Waals surface area contributed by atoms with Gasteiger partial charge in [0, 0.05) is 0 Å². The van der Waals surface area contributed by atoms with Crippen molar-refractivity contribution in [3.63, 3.8) is 0 Å². The van der Waals surface area contributed by atoms with E-state index in [1.807, 2.05) is 0 Å². The van der Waals surface area contributed by atoms with Gasteiger partial charge >= 0.3 is 23.8 Å². The molecule has 0 aliphatic heterocycles. The van der Waals surface area contributed by atoms with Gasteiger partial charge in [-0.1, -0.05) is 0 Å². The van der Waals surface area contributed by atoms with Crippen LogP contribution in [-0.4, -0.2) is 46.3 Å². The molecule has 0 aromatic heterocycles. The lowest BCUT2D eigenvalue weighted by Gasteiger charge is -2.41. The molecule has 30 heavy (non-hydrogen) atoms. The molecule has 1 aliphatic carbocycles. The van der Waals surface area contributed by atoms with Gasteiger partial charge in [0.05, 0.1) is 11.2 Å². The lowest BCUT2D eigenvalue weighted by molar-refractivity contribution is -0.519. The van der Waals surface area contributed by atoms with Gasteiger partial charge in [-0.3, -0.25) is 9.78 Å². The van der Waals surface area contributed by atoms with E-state index in [4.69, 9.17) is 0 Å². The number of hydrogen-bond acceptors (Lipinski definition) is 8. The van der Waals surface area contributed by atoms with E-state index in [-0.39, 0.29) is 0 Å². The Morgan fingerprint density at radius 1 is 0.633 bits per heavy atom. The molecule has 8 nitrogen and oxygen atoms in total. The summed E-state index contributed by atoms with van der Waals surface area (Å²) in [6, 6.07) is 0. The van der Waals surface area contributed by atoms with Gasteiger partial charge in [0.25, 0.3) is 11.3 Å². The third-order valence-corrected chi connectivity index (χ3v) is 3.23. The summed E-state index contributed by atoms with van der Waals surface area (Å²) in [4.78, 5) is 39.2. The van der Waals surface area contributed by atoms with E-state index < -0.39 is 58.5 Å². The molecule has 2 unspecified atom stereocenters. The average molecular weight is 454 g/mol. The minimum atomic E-state index is -6.14. The van der Waals surface area contributed by atoms with Gasteiger partial charge in [0.15, 0.2) is 0 Å². The Bertz CT molecular complexity index is 641. The summed E-state index contributed by atoms with van der Waals surface area (Å²) in [6.45, 7) is 8.11. The SMILES string of the molecule is CC(C)(C)OOOC(=O)C1(F)C=CC(F)(C(=O)OOOC(C)(C)C)C(F)(F)C1(F)F. The fourth-order valence-corrected chi connectivity index (χ4v) is 1.71. The Balaban J connectivity index is 3.13. The maximum atomic E-state index is 14.6. The number of alkyl halides is 6. The van der Waals surface area contributed by atoms with Gasteiger partial charge in [0.1, 0.15) is 0 Å². The molecule has 0 saturated heterocycles. The average Bonchev–Trinajstić information content (AvgIpc) is 2.55. The molecule has 0 saturated carbocycles. The van der Waals surface area contributed by atoms with Gasteiger partial charge in [-0.05, 0) is 63.8 Å². The van der Waals surface area contributed by atoms with Crippen LogP contribution < -0.4 is 0 Å². The van der Waals surface area contributed by atoms with Crippen LogP contribution >= 0.6 is 0 Å². The fraction of sp³-hybridized carbons (Fsp3) is 0.750. The predicted molar refractivity (Wildman–Crippen MR) is 82.7 cm³/mol. The highest BCUT2D eigenvalue weighted by atomic mass is 19.3. The van der Waals surface area contributed by atoms with Crippen molar-refractivity contribution in [2.75, 3.05) is 0 Å². The Morgan fingerprint density at radius 2 is 0.900 bits per heavy atom. The van der Waals surface area contributed by atoms with Crippen molar-refractivity contribution in [3.8, 4) is 0 Å². The largest absolute Gasteiger partial charge is 0.393 e. The van der Waals surface area contributed by atoms with E-state index in [1.54, 1.807) is 0 Å². The monoisotopic (exact) mass is 454 g/mol. The first-order valence-electron chi connectivity index (χ1n) is 8.19. The molecule has 14 heteroatoms. The van der Waals surface area contributed by atoms with E-state index in [0.29, 0.717) is 0 Å². The van der Waals surface area contributed by atoms with Crippen molar-refractivity contribution in [1.82, 2.24) is 0 Å². The second-order valence-electron chi connectivity index (χ2n) is 8.17. The highest BCUT2D eigenvalue weighted by Crippen LogP contribution is 2.56. The van der Waals surface area contributed by atoms with Crippen LogP contribution in [0.2, 0.25) is 0 Å². The maximum Gasteiger partial charge on any atom is 0.393 e. The first kappa shape index (κ1) is 26.1. The van der Waals surface area contributed by atoms with Crippen LogP contribution in [-0.2, 0) is 39.2 Å². The molecule has 0 aromatic rings. The molecule has 0 aromatic carbocycles. The maximum absolute atomic E-state index is 14.6. The van der Waals surface area contributed by atoms with Crippen LogP contribution in [0.5, 0.6) is 0 Å². The third kappa shape index (κ3) is 4.87. The Kier molecular flexibility index (Phi) is 6.95. The molecule has 0 spiro atoms. The van der Waals surface area contributed by atoms with Crippen molar-refractivity contribution in [2.24, 2.45) is 0 Å². The molecule has 0 fully saturated rings.